The molecule has 0 saturated heterocycles. The summed E-state index contributed by atoms with van der Waals surface area (Å²) in [5.74, 6) is 0.115. The number of H-pyrrole nitrogens is 1. The molecule has 9 nitrogen and oxygen atoms in total. The van der Waals surface area contributed by atoms with Gasteiger partial charge in [0.05, 0.1) is 6.33 Å². The zero-order valence-corrected chi connectivity index (χ0v) is 14.6. The first-order valence-corrected chi connectivity index (χ1v) is 8.04. The summed E-state index contributed by atoms with van der Waals surface area (Å²) in [5, 5.41) is 6.74. The molecule has 10 heteroatoms. The van der Waals surface area contributed by atoms with Crippen molar-refractivity contribution in [3.8, 4) is 0 Å². The maximum Gasteiger partial charge on any atom is 0.280 e. The van der Waals surface area contributed by atoms with E-state index in [1.54, 1.807) is 6.33 Å². The average molecular weight is 359 g/mol. The topological polar surface area (TPSA) is 140 Å². The van der Waals surface area contributed by atoms with Gasteiger partial charge in [0.25, 0.3) is 5.56 Å². The van der Waals surface area contributed by atoms with Gasteiger partial charge in [-0.25, -0.2) is 4.98 Å². The fourth-order valence-electron chi connectivity index (χ4n) is 2.32. The van der Waals surface area contributed by atoms with Gasteiger partial charge in [-0.15, -0.1) is 12.4 Å². The van der Waals surface area contributed by atoms with E-state index in [0.29, 0.717) is 11.2 Å². The summed E-state index contributed by atoms with van der Waals surface area (Å²) in [5.41, 5.74) is 11.6. The summed E-state index contributed by atoms with van der Waals surface area (Å²) in [4.78, 5) is 22.4. The minimum Gasteiger partial charge on any atom is -0.369 e. The Labute approximate surface area is 147 Å². The van der Waals surface area contributed by atoms with Gasteiger partial charge in [0, 0.05) is 6.54 Å². The summed E-state index contributed by atoms with van der Waals surface area (Å²) in [6.07, 6.45) is 4.67. The molecule has 2 heterocycles. The highest BCUT2D eigenvalue weighted by atomic mass is 35.5. The molecule has 2 rings (SSSR count). The molecular formula is C14H27ClN8O. The van der Waals surface area contributed by atoms with Crippen molar-refractivity contribution in [1.82, 2.24) is 30.2 Å². The van der Waals surface area contributed by atoms with E-state index in [-0.39, 0.29) is 23.9 Å². The first-order valence-electron chi connectivity index (χ1n) is 8.04. The number of anilines is 1. The SMILES string of the molecule is Cl.NCCCNCCCNCCCn1cnc2c(=O)[nH]c(N)nc21. The number of rotatable bonds is 11. The molecule has 0 spiro atoms. The van der Waals surface area contributed by atoms with Crippen molar-refractivity contribution < 1.29 is 0 Å². The van der Waals surface area contributed by atoms with Crippen LogP contribution in [-0.2, 0) is 6.54 Å². The minimum atomic E-state index is -0.300. The smallest absolute Gasteiger partial charge is 0.280 e. The summed E-state index contributed by atoms with van der Waals surface area (Å²) < 4.78 is 1.86. The molecule has 0 unspecified atom stereocenters. The number of aromatic amines is 1. The van der Waals surface area contributed by atoms with E-state index in [4.69, 9.17) is 11.5 Å². The van der Waals surface area contributed by atoms with Crippen LogP contribution in [0.15, 0.2) is 11.1 Å². The van der Waals surface area contributed by atoms with Gasteiger partial charge >= 0.3 is 0 Å². The fraction of sp³-hybridized carbons (Fsp3) is 0.643. The number of hydrogen-bond donors (Lipinski definition) is 5. The molecule has 0 aliphatic heterocycles. The molecule has 2 aromatic heterocycles. The number of hydrogen-bond acceptors (Lipinski definition) is 7. The lowest BCUT2D eigenvalue weighted by Gasteiger charge is -2.07. The summed E-state index contributed by atoms with van der Waals surface area (Å²) >= 11 is 0. The molecule has 0 radical (unpaired) electrons. The number of aromatic nitrogens is 4. The van der Waals surface area contributed by atoms with Gasteiger partial charge < -0.3 is 26.7 Å². The van der Waals surface area contributed by atoms with Crippen LogP contribution >= 0.6 is 12.4 Å². The van der Waals surface area contributed by atoms with Crippen LogP contribution in [0.25, 0.3) is 11.2 Å². The van der Waals surface area contributed by atoms with Crippen LogP contribution in [0, 0.1) is 0 Å². The molecule has 7 N–H and O–H groups in total. The van der Waals surface area contributed by atoms with E-state index in [2.05, 4.69) is 25.6 Å². The number of halogens is 1. The van der Waals surface area contributed by atoms with Crippen molar-refractivity contribution in [3.63, 3.8) is 0 Å². The Morgan fingerprint density at radius 3 is 2.50 bits per heavy atom. The largest absolute Gasteiger partial charge is 0.369 e. The number of nitrogens with one attached hydrogen (secondary N) is 3. The highest BCUT2D eigenvalue weighted by molar-refractivity contribution is 5.85. The van der Waals surface area contributed by atoms with E-state index >= 15 is 0 Å². The Balaban J connectivity index is 0.00000288. The van der Waals surface area contributed by atoms with E-state index in [1.165, 1.54) is 0 Å². The first-order chi connectivity index (χ1) is 11.2. The van der Waals surface area contributed by atoms with Gasteiger partial charge in [-0.05, 0) is 52.0 Å². The molecule has 0 aliphatic carbocycles. The zero-order valence-electron chi connectivity index (χ0n) is 13.8. The van der Waals surface area contributed by atoms with Crippen LogP contribution < -0.4 is 27.7 Å². The van der Waals surface area contributed by atoms with Crippen molar-refractivity contribution in [2.24, 2.45) is 5.73 Å². The van der Waals surface area contributed by atoms with Crippen LogP contribution in [0.5, 0.6) is 0 Å². The number of fused-ring (bicyclic) bond motifs is 1. The highest BCUT2D eigenvalue weighted by Gasteiger charge is 2.08. The Morgan fingerprint density at radius 1 is 1.12 bits per heavy atom. The second-order valence-electron chi connectivity index (χ2n) is 5.41. The van der Waals surface area contributed by atoms with Crippen molar-refractivity contribution in [1.29, 1.82) is 0 Å². The quantitative estimate of drug-likeness (QED) is 0.339. The molecule has 2 aromatic rings. The zero-order chi connectivity index (χ0) is 16.5. The molecule has 0 amide bonds. The molecule has 0 aliphatic rings. The summed E-state index contributed by atoms with van der Waals surface area (Å²) in [6, 6.07) is 0. The maximum absolute atomic E-state index is 11.7. The second-order valence-corrected chi connectivity index (χ2v) is 5.41. The van der Waals surface area contributed by atoms with Gasteiger partial charge in [-0.2, -0.15) is 4.98 Å². The van der Waals surface area contributed by atoms with Gasteiger partial charge in [-0.1, -0.05) is 0 Å². The van der Waals surface area contributed by atoms with Crippen molar-refractivity contribution in [2.75, 3.05) is 38.5 Å². The molecule has 0 saturated carbocycles. The van der Waals surface area contributed by atoms with Crippen molar-refractivity contribution >= 4 is 29.5 Å². The number of imidazole rings is 1. The van der Waals surface area contributed by atoms with Gasteiger partial charge in [0.1, 0.15) is 0 Å². The minimum absolute atomic E-state index is 0. The van der Waals surface area contributed by atoms with E-state index in [0.717, 1.165) is 58.5 Å². The molecule has 0 aromatic carbocycles. The number of aryl methyl sites for hydroxylation is 1. The summed E-state index contributed by atoms with van der Waals surface area (Å²) in [7, 11) is 0. The Hall–Kier alpha value is -1.68. The fourth-order valence-corrected chi connectivity index (χ4v) is 2.32. The van der Waals surface area contributed by atoms with Gasteiger partial charge in [-0.3, -0.25) is 9.78 Å². The number of nitrogens with zero attached hydrogens (tertiary/aromatic N) is 3. The Morgan fingerprint density at radius 2 is 1.79 bits per heavy atom. The lowest BCUT2D eigenvalue weighted by atomic mass is 10.3. The maximum atomic E-state index is 11.7. The average Bonchev–Trinajstić information content (AvgIpc) is 2.92. The van der Waals surface area contributed by atoms with Crippen molar-refractivity contribution in [3.05, 3.63) is 16.7 Å². The third kappa shape index (κ3) is 6.08. The highest BCUT2D eigenvalue weighted by Crippen LogP contribution is 2.06. The van der Waals surface area contributed by atoms with Gasteiger partial charge in [0.2, 0.25) is 5.95 Å². The Kier molecular flexibility index (Phi) is 9.31. The van der Waals surface area contributed by atoms with Crippen LogP contribution in [0.1, 0.15) is 19.3 Å². The molecule has 0 bridgehead atoms. The predicted octanol–water partition coefficient (Wildman–Crippen LogP) is -0.568. The normalized spacial score (nSPS) is 10.9. The molecule has 136 valence electrons. The van der Waals surface area contributed by atoms with E-state index in [1.807, 2.05) is 4.57 Å². The predicted molar refractivity (Wildman–Crippen MR) is 98.5 cm³/mol. The molecule has 0 atom stereocenters. The third-order valence-corrected chi connectivity index (χ3v) is 3.51. The standard InChI is InChI=1S/C14H26N8O.ClH/c15-4-1-5-17-6-2-7-18-8-3-9-22-10-19-11-12(22)20-14(16)21-13(11)23;/h10,17-18H,1-9,15H2,(H3,16,20,21,23);1H. The Bertz CT molecular complexity index is 656. The molecule has 0 fully saturated rings. The van der Waals surface area contributed by atoms with Crippen LogP contribution in [0.2, 0.25) is 0 Å². The summed E-state index contributed by atoms with van der Waals surface area (Å²) in [6.45, 7) is 5.35. The van der Waals surface area contributed by atoms with Gasteiger partial charge in [0.15, 0.2) is 11.2 Å². The van der Waals surface area contributed by atoms with Crippen LogP contribution in [0.3, 0.4) is 0 Å². The van der Waals surface area contributed by atoms with Crippen LogP contribution in [-0.4, -0.2) is 52.2 Å². The van der Waals surface area contributed by atoms with E-state index < -0.39 is 0 Å². The van der Waals surface area contributed by atoms with Crippen molar-refractivity contribution in [2.45, 2.75) is 25.8 Å². The monoisotopic (exact) mass is 358 g/mol. The third-order valence-electron chi connectivity index (χ3n) is 3.51. The van der Waals surface area contributed by atoms with E-state index in [9.17, 15) is 4.79 Å². The number of nitrogen functional groups attached to an aromatic ring is 1. The lowest BCUT2D eigenvalue weighted by Crippen LogP contribution is -2.24. The first kappa shape index (κ1) is 20.4. The number of nitrogens with two attached hydrogens (primary N) is 2. The lowest BCUT2D eigenvalue weighted by molar-refractivity contribution is 0.555. The van der Waals surface area contributed by atoms with Crippen LogP contribution in [0.4, 0.5) is 5.95 Å². The second kappa shape index (κ2) is 11.0. The molecular weight excluding hydrogens is 332 g/mol. The molecule has 24 heavy (non-hydrogen) atoms.